The maximum atomic E-state index is 12.1. The second-order valence-electron chi connectivity index (χ2n) is 6.63. The number of piperidine rings is 1. The van der Waals surface area contributed by atoms with Crippen LogP contribution >= 0.6 is 0 Å². The van der Waals surface area contributed by atoms with Gasteiger partial charge in [-0.1, -0.05) is 0 Å². The van der Waals surface area contributed by atoms with Gasteiger partial charge in [0.15, 0.2) is 6.61 Å². The van der Waals surface area contributed by atoms with Gasteiger partial charge < -0.3 is 14.5 Å². The number of carbonyl (C=O) groups excluding carboxylic acids is 3. The van der Waals surface area contributed by atoms with Crippen molar-refractivity contribution in [3.05, 3.63) is 0 Å². The monoisotopic (exact) mass is 313 g/mol. The maximum Gasteiger partial charge on any atom is 0.335 e. The summed E-state index contributed by atoms with van der Waals surface area (Å²) in [4.78, 5) is 43.7. The van der Waals surface area contributed by atoms with Crippen LogP contribution in [0, 0.1) is 0 Å². The zero-order chi connectivity index (χ0) is 16.5. The Morgan fingerprint density at radius 1 is 1.32 bits per heavy atom. The highest BCUT2D eigenvalue weighted by Crippen LogP contribution is 2.28. The number of hydrogen-bond acceptors (Lipinski definition) is 5. The lowest BCUT2D eigenvalue weighted by Gasteiger charge is -2.29. The van der Waals surface area contributed by atoms with Crippen LogP contribution in [-0.2, 0) is 19.2 Å². The number of hydrogen-bond donors (Lipinski definition) is 1. The minimum absolute atomic E-state index is 0.144. The number of nitrogens with one attached hydrogen (secondary N) is 1. The molecule has 22 heavy (non-hydrogen) atoms. The fourth-order valence-electron chi connectivity index (χ4n) is 2.72. The van der Waals surface area contributed by atoms with Crippen molar-refractivity contribution in [1.29, 1.82) is 0 Å². The van der Waals surface area contributed by atoms with Gasteiger partial charge in [-0.2, -0.15) is 0 Å². The topological polar surface area (TPSA) is 88.2 Å². The summed E-state index contributed by atoms with van der Waals surface area (Å²) in [6, 6.07) is -0.513. The summed E-state index contributed by atoms with van der Waals surface area (Å²) in [6.45, 7) is 5.43. The molecule has 2 heterocycles. The summed E-state index contributed by atoms with van der Waals surface area (Å²) in [5.74, 6) is -0.973. The van der Waals surface area contributed by atoms with Gasteiger partial charge >= 0.3 is 12.0 Å². The van der Waals surface area contributed by atoms with Crippen molar-refractivity contribution < 1.29 is 24.0 Å². The maximum absolute atomic E-state index is 12.1. The van der Waals surface area contributed by atoms with Crippen molar-refractivity contribution in [2.45, 2.75) is 51.3 Å². The molecule has 2 atom stereocenters. The number of fused-ring (bicyclic) bond motifs is 2. The van der Waals surface area contributed by atoms with Crippen molar-refractivity contribution in [3.63, 3.8) is 0 Å². The minimum atomic E-state index is -0.602. The molecule has 2 rings (SSSR count). The van der Waals surface area contributed by atoms with Crippen LogP contribution in [0.3, 0.4) is 0 Å². The third-order valence-electron chi connectivity index (χ3n) is 3.74. The van der Waals surface area contributed by atoms with Crippen molar-refractivity contribution in [3.8, 4) is 0 Å². The number of ether oxygens (including phenoxy) is 1. The van der Waals surface area contributed by atoms with Gasteiger partial charge in [0.1, 0.15) is 11.6 Å². The molecule has 0 aliphatic carbocycles. The molecule has 8 heteroatoms. The number of likely N-dealkylation sites (N-methyl/N-ethyl adjacent to an activating group) is 1. The molecule has 8 nitrogen and oxygen atoms in total. The van der Waals surface area contributed by atoms with Crippen LogP contribution in [0.2, 0.25) is 0 Å². The zero-order valence-electron chi connectivity index (χ0n) is 13.4. The minimum Gasteiger partial charge on any atom is -0.458 e. The summed E-state index contributed by atoms with van der Waals surface area (Å²) in [7, 11) is 1.74. The second kappa shape index (κ2) is 6.12. The third kappa shape index (κ3) is 3.68. The van der Waals surface area contributed by atoms with Crippen LogP contribution in [0.25, 0.3) is 0 Å². The fourth-order valence-corrected chi connectivity index (χ4v) is 2.72. The van der Waals surface area contributed by atoms with Crippen LogP contribution in [-0.4, -0.2) is 65.6 Å². The van der Waals surface area contributed by atoms with Crippen LogP contribution in [0.5, 0.6) is 0 Å². The highest BCUT2D eigenvalue weighted by molar-refractivity contribution is 5.88. The predicted molar refractivity (Wildman–Crippen MR) is 76.6 cm³/mol. The Hall–Kier alpha value is -1.83. The number of amides is 3. The molecular formula is C14H23N3O5. The highest BCUT2D eigenvalue weighted by Gasteiger charge is 2.45. The summed E-state index contributed by atoms with van der Waals surface area (Å²) in [5, 5.41) is 0. The zero-order valence-corrected chi connectivity index (χ0v) is 13.4. The van der Waals surface area contributed by atoms with Crippen molar-refractivity contribution in [2.24, 2.45) is 0 Å². The van der Waals surface area contributed by atoms with Gasteiger partial charge in [0, 0.05) is 13.6 Å². The van der Waals surface area contributed by atoms with Gasteiger partial charge in [0.2, 0.25) is 0 Å². The van der Waals surface area contributed by atoms with Crippen LogP contribution < -0.4 is 5.48 Å². The summed E-state index contributed by atoms with van der Waals surface area (Å²) in [6.07, 6.45) is 1.37. The number of carbonyl (C=O) groups is 3. The van der Waals surface area contributed by atoms with Crippen LogP contribution in [0.4, 0.5) is 4.79 Å². The molecule has 0 aromatic rings. The molecule has 2 fully saturated rings. The second-order valence-corrected chi connectivity index (χ2v) is 6.63. The Labute approximate surface area is 129 Å². The Kier molecular flexibility index (Phi) is 4.60. The first-order valence-corrected chi connectivity index (χ1v) is 7.36. The quantitative estimate of drug-likeness (QED) is 0.595. The molecule has 2 aliphatic heterocycles. The van der Waals surface area contributed by atoms with E-state index in [1.807, 2.05) is 0 Å². The van der Waals surface area contributed by atoms with Crippen LogP contribution in [0.1, 0.15) is 33.6 Å². The normalized spacial score (nSPS) is 24.5. The summed E-state index contributed by atoms with van der Waals surface area (Å²) < 4.78 is 5.06. The van der Waals surface area contributed by atoms with E-state index < -0.39 is 23.5 Å². The van der Waals surface area contributed by atoms with Gasteiger partial charge in [-0.3, -0.25) is 9.63 Å². The molecule has 2 aliphatic rings. The Morgan fingerprint density at radius 2 is 2.00 bits per heavy atom. The van der Waals surface area contributed by atoms with Crippen molar-refractivity contribution in [1.82, 2.24) is 15.3 Å². The Morgan fingerprint density at radius 3 is 2.64 bits per heavy atom. The van der Waals surface area contributed by atoms with Gasteiger partial charge in [0.25, 0.3) is 5.91 Å². The van der Waals surface area contributed by atoms with E-state index in [1.165, 1.54) is 0 Å². The molecule has 2 bridgehead atoms. The standard InChI is InChI=1S/C14H23N3O5/c1-14(2,3)22-11(18)8-21-15-12(19)10-6-5-9-7-17(10)13(20)16(9)4/h9-10H,5-8H2,1-4H3,(H,15,19)/t9-,10+/m1/s1. The third-order valence-corrected chi connectivity index (χ3v) is 3.74. The van der Waals surface area contributed by atoms with E-state index in [0.717, 1.165) is 6.42 Å². The number of urea groups is 1. The molecule has 0 unspecified atom stereocenters. The summed E-state index contributed by atoms with van der Waals surface area (Å²) >= 11 is 0. The van der Waals surface area contributed by atoms with E-state index in [-0.39, 0.29) is 18.7 Å². The van der Waals surface area contributed by atoms with Crippen molar-refractivity contribution in [2.75, 3.05) is 20.2 Å². The molecule has 124 valence electrons. The number of hydroxylamine groups is 1. The smallest absolute Gasteiger partial charge is 0.335 e. The molecule has 0 aromatic heterocycles. The number of rotatable bonds is 4. The average molecular weight is 313 g/mol. The van der Waals surface area contributed by atoms with Gasteiger partial charge in [-0.15, -0.1) is 0 Å². The van der Waals surface area contributed by atoms with E-state index in [2.05, 4.69) is 5.48 Å². The van der Waals surface area contributed by atoms with Gasteiger partial charge in [-0.05, 0) is 33.6 Å². The van der Waals surface area contributed by atoms with E-state index in [1.54, 1.807) is 37.6 Å². The molecule has 2 saturated heterocycles. The van der Waals surface area contributed by atoms with Gasteiger partial charge in [0.05, 0.1) is 6.04 Å². The lowest BCUT2D eigenvalue weighted by atomic mass is 10.0. The molecule has 1 N–H and O–H groups in total. The first kappa shape index (κ1) is 16.5. The van der Waals surface area contributed by atoms with E-state index in [9.17, 15) is 14.4 Å². The molecular weight excluding hydrogens is 290 g/mol. The SMILES string of the molecule is CN1C(=O)N2C[C@H]1CC[C@H]2C(=O)NOCC(=O)OC(C)(C)C. The summed E-state index contributed by atoms with van der Waals surface area (Å²) in [5.41, 5.74) is 1.63. The largest absolute Gasteiger partial charge is 0.458 e. The highest BCUT2D eigenvalue weighted by atomic mass is 16.7. The molecule has 0 saturated carbocycles. The van der Waals surface area contributed by atoms with E-state index in [4.69, 9.17) is 9.57 Å². The van der Waals surface area contributed by atoms with E-state index in [0.29, 0.717) is 13.0 Å². The lowest BCUT2D eigenvalue weighted by molar-refractivity contribution is -0.165. The number of nitrogens with zero attached hydrogens (tertiary/aromatic N) is 2. The fraction of sp³-hybridized carbons (Fsp3) is 0.786. The molecule has 0 aromatic carbocycles. The average Bonchev–Trinajstić information content (AvgIpc) is 2.62. The Bertz CT molecular complexity index is 474. The molecule has 0 radical (unpaired) electrons. The number of esters is 1. The first-order valence-electron chi connectivity index (χ1n) is 7.36. The Balaban J connectivity index is 1.79. The first-order chi connectivity index (χ1) is 10.2. The lowest BCUT2D eigenvalue weighted by Crippen LogP contribution is -2.50. The molecule has 3 amide bonds. The molecule has 0 spiro atoms. The van der Waals surface area contributed by atoms with Gasteiger partial charge in [-0.25, -0.2) is 15.1 Å². The van der Waals surface area contributed by atoms with Crippen molar-refractivity contribution >= 4 is 17.9 Å². The van der Waals surface area contributed by atoms with E-state index >= 15 is 0 Å². The predicted octanol–water partition coefficient (Wildman–Crippen LogP) is 0.274. The van der Waals surface area contributed by atoms with Crippen LogP contribution in [0.15, 0.2) is 0 Å².